The molecular weight excluding hydrogens is 336 g/mol. The molecule has 0 saturated carbocycles. The number of hydrogen-bond acceptors (Lipinski definition) is 4. The number of amides is 2. The zero-order chi connectivity index (χ0) is 18.2. The van der Waals surface area contributed by atoms with Crippen LogP contribution in [0.1, 0.15) is 22.8 Å². The molecule has 5 nitrogen and oxygen atoms in total. The van der Waals surface area contributed by atoms with E-state index in [9.17, 15) is 9.59 Å². The molecule has 0 aliphatic heterocycles. The summed E-state index contributed by atoms with van der Waals surface area (Å²) in [5, 5.41) is 5.46. The third-order valence-corrected chi connectivity index (χ3v) is 4.60. The summed E-state index contributed by atoms with van der Waals surface area (Å²) in [5.41, 5.74) is 1.96. The smallest absolute Gasteiger partial charge is 0.251 e. The summed E-state index contributed by atoms with van der Waals surface area (Å²) in [6.45, 7) is 4.39. The van der Waals surface area contributed by atoms with E-state index in [0.717, 1.165) is 16.2 Å². The Balaban J connectivity index is 1.95. The molecule has 0 bridgehead atoms. The molecule has 2 aromatic rings. The Labute approximate surface area is 152 Å². The van der Waals surface area contributed by atoms with Crippen LogP contribution in [0.2, 0.25) is 0 Å². The maximum Gasteiger partial charge on any atom is 0.251 e. The van der Waals surface area contributed by atoms with E-state index in [2.05, 4.69) is 10.6 Å². The minimum absolute atomic E-state index is 0.115. The minimum Gasteiger partial charge on any atom is -0.494 e. The van der Waals surface area contributed by atoms with E-state index in [1.165, 1.54) is 11.8 Å². The largest absolute Gasteiger partial charge is 0.494 e. The molecule has 0 aromatic heterocycles. The van der Waals surface area contributed by atoms with Crippen molar-refractivity contribution in [3.63, 3.8) is 0 Å². The Kier molecular flexibility index (Phi) is 6.89. The zero-order valence-corrected chi connectivity index (χ0v) is 15.4. The maximum atomic E-state index is 12.2. The molecule has 0 fully saturated rings. The summed E-state index contributed by atoms with van der Waals surface area (Å²) in [4.78, 5) is 25.0. The average Bonchev–Trinajstić information content (AvgIpc) is 2.62. The number of thioether (sulfide) groups is 1. The van der Waals surface area contributed by atoms with Crippen molar-refractivity contribution in [1.29, 1.82) is 0 Å². The van der Waals surface area contributed by atoms with Gasteiger partial charge < -0.3 is 15.4 Å². The summed E-state index contributed by atoms with van der Waals surface area (Å²) in [6, 6.07) is 12.9. The second-order valence-electron chi connectivity index (χ2n) is 5.30. The van der Waals surface area contributed by atoms with Gasteiger partial charge in [0.1, 0.15) is 5.75 Å². The molecule has 0 aliphatic rings. The Morgan fingerprint density at radius 3 is 2.48 bits per heavy atom. The van der Waals surface area contributed by atoms with Gasteiger partial charge in [-0.25, -0.2) is 0 Å². The molecule has 0 radical (unpaired) electrons. The number of benzene rings is 2. The first kappa shape index (κ1) is 18.9. The fraction of sp³-hybridized carbons (Fsp3) is 0.263. The number of carbonyl (C=O) groups excluding carboxylic acids is 2. The van der Waals surface area contributed by atoms with Gasteiger partial charge in [-0.1, -0.05) is 6.07 Å². The Bertz CT molecular complexity index is 745. The van der Waals surface area contributed by atoms with Crippen molar-refractivity contribution in [2.45, 2.75) is 18.7 Å². The zero-order valence-electron chi connectivity index (χ0n) is 14.6. The van der Waals surface area contributed by atoms with E-state index >= 15 is 0 Å². The molecule has 0 atom stereocenters. The van der Waals surface area contributed by atoms with E-state index < -0.39 is 0 Å². The number of rotatable bonds is 7. The molecule has 0 unspecified atom stereocenters. The van der Waals surface area contributed by atoms with Crippen LogP contribution in [0.3, 0.4) is 0 Å². The van der Waals surface area contributed by atoms with Crippen LogP contribution in [0.5, 0.6) is 5.75 Å². The third kappa shape index (κ3) is 5.26. The minimum atomic E-state index is -0.169. The predicted octanol–water partition coefficient (Wildman–Crippen LogP) is 3.48. The lowest BCUT2D eigenvalue weighted by molar-refractivity contribution is -0.113. The standard InChI is InChI=1S/C19H22N2O3S/c1-4-24-14-8-10-15(11-9-14)25-12-18(22)21-17-7-5-6-16(13(17)2)19(23)20-3/h5-11H,4,12H2,1-3H3,(H,20,23)(H,21,22). The molecule has 2 rings (SSSR count). The van der Waals surface area contributed by atoms with Crippen LogP contribution in [-0.2, 0) is 4.79 Å². The van der Waals surface area contributed by atoms with Gasteiger partial charge in [0.05, 0.1) is 12.4 Å². The molecule has 2 N–H and O–H groups in total. The number of ether oxygens (including phenoxy) is 1. The molecule has 2 aromatic carbocycles. The molecule has 25 heavy (non-hydrogen) atoms. The molecule has 0 saturated heterocycles. The fourth-order valence-electron chi connectivity index (χ4n) is 2.29. The second kappa shape index (κ2) is 9.13. The van der Waals surface area contributed by atoms with Crippen LogP contribution in [-0.4, -0.2) is 31.2 Å². The highest BCUT2D eigenvalue weighted by atomic mass is 32.2. The van der Waals surface area contributed by atoms with Gasteiger partial charge in [-0.2, -0.15) is 0 Å². The summed E-state index contributed by atoms with van der Waals surface area (Å²) in [5.74, 6) is 0.823. The lowest BCUT2D eigenvalue weighted by Crippen LogP contribution is -2.20. The average molecular weight is 358 g/mol. The molecule has 0 spiro atoms. The predicted molar refractivity (Wildman–Crippen MR) is 102 cm³/mol. The van der Waals surface area contributed by atoms with Crippen molar-refractivity contribution < 1.29 is 14.3 Å². The molecule has 6 heteroatoms. The monoisotopic (exact) mass is 358 g/mol. The SMILES string of the molecule is CCOc1ccc(SCC(=O)Nc2cccc(C(=O)NC)c2C)cc1. The highest BCUT2D eigenvalue weighted by Gasteiger charge is 2.12. The van der Waals surface area contributed by atoms with Crippen LogP contribution in [0.4, 0.5) is 5.69 Å². The lowest BCUT2D eigenvalue weighted by atomic mass is 10.1. The maximum absolute atomic E-state index is 12.2. The van der Waals surface area contributed by atoms with Crippen molar-refractivity contribution in [1.82, 2.24) is 5.32 Å². The van der Waals surface area contributed by atoms with Gasteiger partial charge in [0.15, 0.2) is 0 Å². The topological polar surface area (TPSA) is 67.4 Å². The summed E-state index contributed by atoms with van der Waals surface area (Å²) in [7, 11) is 1.58. The van der Waals surface area contributed by atoms with Gasteiger partial charge in [-0.15, -0.1) is 11.8 Å². The van der Waals surface area contributed by atoms with Crippen molar-refractivity contribution in [2.75, 3.05) is 24.7 Å². The van der Waals surface area contributed by atoms with Crippen molar-refractivity contribution in [3.8, 4) is 5.75 Å². The molecular formula is C19H22N2O3S. The Morgan fingerprint density at radius 1 is 1.12 bits per heavy atom. The van der Waals surface area contributed by atoms with Gasteiger partial charge in [-0.3, -0.25) is 9.59 Å². The Hall–Kier alpha value is -2.47. The summed E-state index contributed by atoms with van der Waals surface area (Å²) < 4.78 is 5.40. The van der Waals surface area contributed by atoms with E-state index in [1.54, 1.807) is 25.2 Å². The number of hydrogen-bond donors (Lipinski definition) is 2. The van der Waals surface area contributed by atoms with Gasteiger partial charge in [0.2, 0.25) is 5.91 Å². The van der Waals surface area contributed by atoms with Crippen LogP contribution < -0.4 is 15.4 Å². The first-order chi connectivity index (χ1) is 12.0. The molecule has 2 amide bonds. The Morgan fingerprint density at radius 2 is 1.84 bits per heavy atom. The van der Waals surface area contributed by atoms with Gasteiger partial charge in [-0.05, 0) is 55.8 Å². The van der Waals surface area contributed by atoms with Crippen molar-refractivity contribution >= 4 is 29.3 Å². The van der Waals surface area contributed by atoms with E-state index in [-0.39, 0.29) is 17.6 Å². The lowest BCUT2D eigenvalue weighted by Gasteiger charge is -2.11. The third-order valence-electron chi connectivity index (χ3n) is 3.58. The normalized spacial score (nSPS) is 10.2. The highest BCUT2D eigenvalue weighted by Crippen LogP contribution is 2.23. The fourth-order valence-corrected chi connectivity index (χ4v) is 2.98. The molecule has 132 valence electrons. The first-order valence-corrected chi connectivity index (χ1v) is 9.01. The van der Waals surface area contributed by atoms with Crippen LogP contribution >= 0.6 is 11.8 Å². The van der Waals surface area contributed by atoms with Crippen molar-refractivity contribution in [3.05, 3.63) is 53.6 Å². The van der Waals surface area contributed by atoms with Crippen LogP contribution in [0.15, 0.2) is 47.4 Å². The van der Waals surface area contributed by atoms with E-state index in [1.807, 2.05) is 38.1 Å². The van der Waals surface area contributed by atoms with Gasteiger partial charge in [0.25, 0.3) is 5.91 Å². The first-order valence-electron chi connectivity index (χ1n) is 8.02. The van der Waals surface area contributed by atoms with E-state index in [4.69, 9.17) is 4.74 Å². The highest BCUT2D eigenvalue weighted by molar-refractivity contribution is 8.00. The van der Waals surface area contributed by atoms with Gasteiger partial charge >= 0.3 is 0 Å². The molecule has 0 aliphatic carbocycles. The quantitative estimate of drug-likeness (QED) is 0.744. The second-order valence-corrected chi connectivity index (χ2v) is 6.35. The van der Waals surface area contributed by atoms with Crippen molar-refractivity contribution in [2.24, 2.45) is 0 Å². The summed E-state index contributed by atoms with van der Waals surface area (Å²) >= 11 is 1.45. The van der Waals surface area contributed by atoms with Crippen LogP contribution in [0.25, 0.3) is 0 Å². The summed E-state index contributed by atoms with van der Waals surface area (Å²) in [6.07, 6.45) is 0. The number of carbonyl (C=O) groups is 2. The number of nitrogens with one attached hydrogen (secondary N) is 2. The molecule has 0 heterocycles. The van der Waals surface area contributed by atoms with Gasteiger partial charge in [0, 0.05) is 23.2 Å². The van der Waals surface area contributed by atoms with E-state index in [0.29, 0.717) is 17.9 Å². The number of anilines is 1. The van der Waals surface area contributed by atoms with Crippen LogP contribution in [0, 0.1) is 6.92 Å².